The summed E-state index contributed by atoms with van der Waals surface area (Å²) >= 11 is 4.38. The van der Waals surface area contributed by atoms with Crippen molar-refractivity contribution in [2.45, 2.75) is 20.4 Å². The zero-order chi connectivity index (χ0) is 13.1. The number of hydrogen-bond acceptors (Lipinski definition) is 2. The van der Waals surface area contributed by atoms with E-state index in [4.69, 9.17) is 0 Å². The van der Waals surface area contributed by atoms with Gasteiger partial charge in [-0.05, 0) is 35.1 Å². The van der Waals surface area contributed by atoms with Crippen LogP contribution >= 0.6 is 12.6 Å². The van der Waals surface area contributed by atoms with Crippen LogP contribution in [0.3, 0.4) is 0 Å². The number of aromatic nitrogens is 1. The van der Waals surface area contributed by atoms with Crippen molar-refractivity contribution in [3.05, 3.63) is 46.9 Å². The first-order chi connectivity index (χ1) is 8.63. The largest absolute Gasteiger partial charge is 0.315 e. The summed E-state index contributed by atoms with van der Waals surface area (Å²) < 4.78 is 1.81. The van der Waals surface area contributed by atoms with E-state index in [1.807, 2.05) is 41.1 Å². The highest BCUT2D eigenvalue weighted by Gasteiger charge is 2.13. The Morgan fingerprint density at radius 1 is 1.22 bits per heavy atom. The molecule has 0 aliphatic heterocycles. The third-order valence-electron chi connectivity index (χ3n) is 3.49. The number of fused-ring (bicyclic) bond motifs is 1. The Morgan fingerprint density at radius 2 is 1.94 bits per heavy atom. The topological polar surface area (TPSA) is 22.0 Å². The minimum Gasteiger partial charge on any atom is -0.315 e. The Kier molecular flexibility index (Phi) is 4.12. The SMILES string of the molecule is CC(C)C(CS)Cn1ccc2ccccc2c1=O. The zero-order valence-electron chi connectivity index (χ0n) is 10.8. The van der Waals surface area contributed by atoms with Crippen molar-refractivity contribution in [2.75, 3.05) is 5.75 Å². The second-order valence-corrected chi connectivity index (χ2v) is 5.41. The number of pyridine rings is 1. The highest BCUT2D eigenvalue weighted by atomic mass is 32.1. The quantitative estimate of drug-likeness (QED) is 0.839. The maximum Gasteiger partial charge on any atom is 0.258 e. The van der Waals surface area contributed by atoms with Crippen LogP contribution in [0.2, 0.25) is 0 Å². The van der Waals surface area contributed by atoms with Crippen LogP contribution in [0.25, 0.3) is 10.8 Å². The number of benzene rings is 1. The average molecular weight is 261 g/mol. The molecule has 1 heterocycles. The van der Waals surface area contributed by atoms with Crippen LogP contribution in [0.15, 0.2) is 41.3 Å². The molecule has 2 nitrogen and oxygen atoms in total. The van der Waals surface area contributed by atoms with Gasteiger partial charge in [-0.1, -0.05) is 32.0 Å². The molecule has 0 radical (unpaired) electrons. The Balaban J connectivity index is 2.40. The Hall–Kier alpha value is -1.22. The molecule has 0 saturated carbocycles. The summed E-state index contributed by atoms with van der Waals surface area (Å²) in [5, 5.41) is 1.80. The molecule has 2 aromatic rings. The van der Waals surface area contributed by atoms with Crippen molar-refractivity contribution >= 4 is 23.4 Å². The Morgan fingerprint density at radius 3 is 2.61 bits per heavy atom. The minimum atomic E-state index is 0.0977. The summed E-state index contributed by atoms with van der Waals surface area (Å²) in [6, 6.07) is 9.73. The predicted octanol–water partition coefficient (Wildman–Crippen LogP) is 3.20. The van der Waals surface area contributed by atoms with Crippen LogP contribution in [0.1, 0.15) is 13.8 Å². The lowest BCUT2D eigenvalue weighted by molar-refractivity contribution is 0.368. The lowest BCUT2D eigenvalue weighted by Crippen LogP contribution is -2.26. The molecule has 1 unspecified atom stereocenters. The van der Waals surface area contributed by atoms with Crippen molar-refractivity contribution in [2.24, 2.45) is 11.8 Å². The van der Waals surface area contributed by atoms with E-state index in [2.05, 4.69) is 26.5 Å². The van der Waals surface area contributed by atoms with Crippen LogP contribution in [-0.2, 0) is 6.54 Å². The van der Waals surface area contributed by atoms with E-state index in [1.54, 1.807) is 0 Å². The van der Waals surface area contributed by atoms with Crippen molar-refractivity contribution < 1.29 is 0 Å². The maximum absolute atomic E-state index is 12.3. The summed E-state index contributed by atoms with van der Waals surface area (Å²) in [7, 11) is 0. The standard InChI is InChI=1S/C15H19NOS/c1-11(2)13(10-18)9-16-8-7-12-5-3-4-6-14(12)15(16)17/h3-8,11,13,18H,9-10H2,1-2H3. The molecule has 1 aromatic heterocycles. The second-order valence-electron chi connectivity index (χ2n) is 5.05. The monoisotopic (exact) mass is 261 g/mol. The fourth-order valence-electron chi connectivity index (χ4n) is 2.11. The van der Waals surface area contributed by atoms with Gasteiger partial charge in [0, 0.05) is 18.1 Å². The maximum atomic E-state index is 12.3. The van der Waals surface area contributed by atoms with Gasteiger partial charge in [-0.3, -0.25) is 4.79 Å². The van der Waals surface area contributed by atoms with Gasteiger partial charge in [-0.2, -0.15) is 12.6 Å². The normalized spacial score (nSPS) is 13.1. The summed E-state index contributed by atoms with van der Waals surface area (Å²) in [4.78, 5) is 12.3. The van der Waals surface area contributed by atoms with E-state index in [9.17, 15) is 4.79 Å². The van der Waals surface area contributed by atoms with E-state index >= 15 is 0 Å². The number of nitrogens with zero attached hydrogens (tertiary/aromatic N) is 1. The second kappa shape index (κ2) is 5.61. The Labute approximate surface area is 113 Å². The lowest BCUT2D eigenvalue weighted by Gasteiger charge is -2.19. The molecule has 0 aliphatic rings. The number of hydrogen-bond donors (Lipinski definition) is 1. The molecule has 0 bridgehead atoms. The van der Waals surface area contributed by atoms with Crippen LogP contribution in [0, 0.1) is 11.8 Å². The smallest absolute Gasteiger partial charge is 0.258 e. The van der Waals surface area contributed by atoms with E-state index < -0.39 is 0 Å². The number of thiol groups is 1. The zero-order valence-corrected chi connectivity index (χ0v) is 11.7. The van der Waals surface area contributed by atoms with Crippen molar-refractivity contribution in [3.8, 4) is 0 Å². The summed E-state index contributed by atoms with van der Waals surface area (Å²) in [5.74, 6) is 1.75. The van der Waals surface area contributed by atoms with Gasteiger partial charge in [-0.25, -0.2) is 0 Å². The molecule has 18 heavy (non-hydrogen) atoms. The predicted molar refractivity (Wildman–Crippen MR) is 80.4 cm³/mol. The van der Waals surface area contributed by atoms with Crippen LogP contribution in [0.4, 0.5) is 0 Å². The van der Waals surface area contributed by atoms with Crippen LogP contribution in [0.5, 0.6) is 0 Å². The molecule has 0 N–H and O–H groups in total. The third kappa shape index (κ3) is 2.61. The molecule has 3 heteroatoms. The van der Waals surface area contributed by atoms with Crippen LogP contribution in [-0.4, -0.2) is 10.3 Å². The van der Waals surface area contributed by atoms with Gasteiger partial charge in [-0.15, -0.1) is 0 Å². The fourth-order valence-corrected chi connectivity index (χ4v) is 2.64. The summed E-state index contributed by atoms with van der Waals surface area (Å²) in [6.07, 6.45) is 1.89. The van der Waals surface area contributed by atoms with Crippen molar-refractivity contribution in [1.82, 2.24) is 4.57 Å². The van der Waals surface area contributed by atoms with Gasteiger partial charge in [0.2, 0.25) is 0 Å². The fraction of sp³-hybridized carbons (Fsp3) is 0.400. The molecular formula is C15H19NOS. The molecule has 0 aliphatic carbocycles. The van der Waals surface area contributed by atoms with Gasteiger partial charge in [0.05, 0.1) is 0 Å². The van der Waals surface area contributed by atoms with Crippen molar-refractivity contribution in [3.63, 3.8) is 0 Å². The molecule has 96 valence electrons. The summed E-state index contributed by atoms with van der Waals surface area (Å²) in [5.41, 5.74) is 0.0977. The highest BCUT2D eigenvalue weighted by Crippen LogP contribution is 2.15. The molecule has 0 fully saturated rings. The van der Waals surface area contributed by atoms with Gasteiger partial charge in [0.25, 0.3) is 5.56 Å². The molecule has 0 spiro atoms. The van der Waals surface area contributed by atoms with Gasteiger partial charge >= 0.3 is 0 Å². The lowest BCUT2D eigenvalue weighted by atomic mass is 9.98. The van der Waals surface area contributed by atoms with E-state index in [1.165, 1.54) is 0 Å². The summed E-state index contributed by atoms with van der Waals surface area (Å²) in [6.45, 7) is 5.09. The van der Waals surface area contributed by atoms with Gasteiger partial charge < -0.3 is 4.57 Å². The van der Waals surface area contributed by atoms with Crippen molar-refractivity contribution in [1.29, 1.82) is 0 Å². The van der Waals surface area contributed by atoms with Gasteiger partial charge in [0.15, 0.2) is 0 Å². The number of rotatable bonds is 4. The molecule has 2 rings (SSSR count). The molecule has 0 amide bonds. The molecule has 0 saturated heterocycles. The first kappa shape index (κ1) is 13.2. The Bertz CT molecular complexity index is 588. The average Bonchev–Trinajstić information content (AvgIpc) is 2.38. The highest BCUT2D eigenvalue weighted by molar-refractivity contribution is 7.80. The van der Waals surface area contributed by atoms with E-state index in [0.717, 1.165) is 23.1 Å². The molecular weight excluding hydrogens is 242 g/mol. The van der Waals surface area contributed by atoms with E-state index in [-0.39, 0.29) is 5.56 Å². The molecule has 1 atom stereocenters. The van der Waals surface area contributed by atoms with Crippen LogP contribution < -0.4 is 5.56 Å². The minimum absolute atomic E-state index is 0.0977. The molecule has 1 aromatic carbocycles. The van der Waals surface area contributed by atoms with Gasteiger partial charge in [0.1, 0.15) is 0 Å². The first-order valence-electron chi connectivity index (χ1n) is 6.32. The third-order valence-corrected chi connectivity index (χ3v) is 3.96. The first-order valence-corrected chi connectivity index (χ1v) is 6.95. The van der Waals surface area contributed by atoms with E-state index in [0.29, 0.717) is 11.8 Å².